The Hall–Kier alpha value is -1.61. The van der Waals surface area contributed by atoms with E-state index in [4.69, 9.17) is 5.73 Å². The molecule has 88 valence electrons. The number of aromatic nitrogens is 2. The maximum atomic E-state index is 6.20. The summed E-state index contributed by atoms with van der Waals surface area (Å²) in [5.41, 5.74) is 10.1. The number of fused-ring (bicyclic) bond motifs is 1. The Bertz CT molecular complexity index is 530. The van der Waals surface area contributed by atoms with Crippen molar-refractivity contribution < 1.29 is 0 Å². The Morgan fingerprint density at radius 1 is 1.41 bits per heavy atom. The highest BCUT2D eigenvalue weighted by Gasteiger charge is 2.27. The van der Waals surface area contributed by atoms with E-state index in [1.165, 1.54) is 11.1 Å². The highest BCUT2D eigenvalue weighted by atomic mass is 15.3. The van der Waals surface area contributed by atoms with Crippen LogP contribution in [0.3, 0.4) is 0 Å². The van der Waals surface area contributed by atoms with Crippen LogP contribution in [0.5, 0.6) is 0 Å². The third-order valence-electron chi connectivity index (χ3n) is 3.61. The Morgan fingerprint density at radius 3 is 2.94 bits per heavy atom. The first-order chi connectivity index (χ1) is 8.24. The molecule has 2 N–H and O–H groups in total. The molecule has 3 heteroatoms. The number of hydrogen-bond donors (Lipinski definition) is 1. The molecule has 1 aromatic heterocycles. The lowest BCUT2D eigenvalue weighted by Gasteiger charge is -2.31. The van der Waals surface area contributed by atoms with Gasteiger partial charge in [-0.15, -0.1) is 0 Å². The number of aryl methyl sites for hydroxylation is 1. The molecule has 0 spiro atoms. The molecule has 0 bridgehead atoms. The van der Waals surface area contributed by atoms with E-state index in [0.29, 0.717) is 5.92 Å². The van der Waals surface area contributed by atoms with Gasteiger partial charge in [-0.3, -0.25) is 4.68 Å². The van der Waals surface area contributed by atoms with Crippen LogP contribution in [0.25, 0.3) is 0 Å². The van der Waals surface area contributed by atoms with Crippen molar-refractivity contribution in [3.8, 4) is 0 Å². The molecule has 1 aromatic carbocycles. The molecule has 1 aliphatic rings. The lowest BCUT2D eigenvalue weighted by atomic mass is 9.74. The van der Waals surface area contributed by atoms with E-state index in [1.807, 2.05) is 24.0 Å². The summed E-state index contributed by atoms with van der Waals surface area (Å²) in [5.74, 6) is 0.614. The summed E-state index contributed by atoms with van der Waals surface area (Å²) in [6, 6.07) is 10.7. The number of nitrogens with two attached hydrogens (primary N) is 1. The molecule has 0 saturated carbocycles. The van der Waals surface area contributed by atoms with Crippen LogP contribution >= 0.6 is 0 Å². The van der Waals surface area contributed by atoms with Gasteiger partial charge in [-0.05, 0) is 36.0 Å². The number of benzene rings is 1. The van der Waals surface area contributed by atoms with Gasteiger partial charge in [0.15, 0.2) is 0 Å². The molecule has 2 unspecified atom stereocenters. The monoisotopic (exact) mass is 227 g/mol. The van der Waals surface area contributed by atoms with Crippen molar-refractivity contribution in [1.82, 2.24) is 9.78 Å². The van der Waals surface area contributed by atoms with E-state index in [1.54, 1.807) is 0 Å². The zero-order chi connectivity index (χ0) is 11.8. The molecular formula is C14H17N3. The first-order valence-corrected chi connectivity index (χ1v) is 6.07. The first-order valence-electron chi connectivity index (χ1n) is 6.07. The van der Waals surface area contributed by atoms with Crippen molar-refractivity contribution in [1.29, 1.82) is 0 Å². The molecule has 2 aromatic rings. The minimum absolute atomic E-state index is 0.0505. The van der Waals surface area contributed by atoms with E-state index in [0.717, 1.165) is 18.5 Å². The number of rotatable bonds is 3. The van der Waals surface area contributed by atoms with Gasteiger partial charge in [0.25, 0.3) is 0 Å². The maximum Gasteiger partial charge on any atom is 0.0791 e. The summed E-state index contributed by atoms with van der Waals surface area (Å²) in [5, 5.41) is 4.37. The second-order valence-electron chi connectivity index (χ2n) is 4.86. The SMILES string of the molecule is Cn1ccc(C(N)CC2Cc3ccccc32)n1. The van der Waals surface area contributed by atoms with E-state index < -0.39 is 0 Å². The molecule has 3 rings (SSSR count). The van der Waals surface area contributed by atoms with E-state index >= 15 is 0 Å². The average molecular weight is 227 g/mol. The smallest absolute Gasteiger partial charge is 0.0791 e. The molecular weight excluding hydrogens is 210 g/mol. The quantitative estimate of drug-likeness (QED) is 0.873. The molecule has 0 aliphatic heterocycles. The zero-order valence-electron chi connectivity index (χ0n) is 10.0. The molecule has 3 nitrogen and oxygen atoms in total. The van der Waals surface area contributed by atoms with Crippen LogP contribution in [0.15, 0.2) is 36.5 Å². The van der Waals surface area contributed by atoms with Gasteiger partial charge in [0, 0.05) is 19.3 Å². The van der Waals surface area contributed by atoms with Crippen molar-refractivity contribution in [3.05, 3.63) is 53.3 Å². The normalized spacial score (nSPS) is 19.5. The highest BCUT2D eigenvalue weighted by Crippen LogP contribution is 2.39. The van der Waals surface area contributed by atoms with Gasteiger partial charge in [-0.25, -0.2) is 0 Å². The first kappa shape index (κ1) is 10.5. The maximum absolute atomic E-state index is 6.20. The van der Waals surface area contributed by atoms with Gasteiger partial charge in [0.1, 0.15) is 0 Å². The number of hydrogen-bond acceptors (Lipinski definition) is 2. The lowest BCUT2D eigenvalue weighted by molar-refractivity contribution is 0.488. The molecule has 2 atom stereocenters. The van der Waals surface area contributed by atoms with Gasteiger partial charge in [0.2, 0.25) is 0 Å². The van der Waals surface area contributed by atoms with Gasteiger partial charge in [0.05, 0.1) is 5.69 Å². The molecule has 1 heterocycles. The summed E-state index contributed by atoms with van der Waals surface area (Å²) in [6.45, 7) is 0. The molecule has 1 aliphatic carbocycles. The second kappa shape index (κ2) is 4.00. The van der Waals surface area contributed by atoms with Crippen LogP contribution in [0.4, 0.5) is 0 Å². The third-order valence-corrected chi connectivity index (χ3v) is 3.61. The standard InChI is InChI=1S/C14H17N3/c1-17-7-6-14(16-17)13(15)9-11-8-10-4-2-3-5-12(10)11/h2-7,11,13H,8-9,15H2,1H3. The summed E-state index contributed by atoms with van der Waals surface area (Å²) in [7, 11) is 1.93. The Balaban J connectivity index is 1.70. The Kier molecular flexibility index (Phi) is 2.48. The zero-order valence-corrected chi connectivity index (χ0v) is 10.0. The van der Waals surface area contributed by atoms with E-state index in [-0.39, 0.29) is 6.04 Å². The average Bonchev–Trinajstić information content (AvgIpc) is 2.73. The fraction of sp³-hybridized carbons (Fsp3) is 0.357. The summed E-state index contributed by atoms with van der Waals surface area (Å²) in [4.78, 5) is 0. The minimum atomic E-state index is 0.0505. The summed E-state index contributed by atoms with van der Waals surface area (Å²) in [6.07, 6.45) is 4.11. The van der Waals surface area contributed by atoms with Crippen molar-refractivity contribution in [2.45, 2.75) is 24.8 Å². The summed E-state index contributed by atoms with van der Waals surface area (Å²) < 4.78 is 1.81. The molecule has 17 heavy (non-hydrogen) atoms. The van der Waals surface area contributed by atoms with Gasteiger partial charge >= 0.3 is 0 Å². The fourth-order valence-corrected chi connectivity index (χ4v) is 2.63. The van der Waals surface area contributed by atoms with Crippen molar-refractivity contribution in [3.63, 3.8) is 0 Å². The second-order valence-corrected chi connectivity index (χ2v) is 4.86. The molecule has 0 saturated heterocycles. The third kappa shape index (κ3) is 1.87. The fourth-order valence-electron chi connectivity index (χ4n) is 2.63. The predicted molar refractivity (Wildman–Crippen MR) is 67.6 cm³/mol. The van der Waals surface area contributed by atoms with Gasteiger partial charge < -0.3 is 5.73 Å². The van der Waals surface area contributed by atoms with Crippen LogP contribution in [-0.4, -0.2) is 9.78 Å². The van der Waals surface area contributed by atoms with Crippen molar-refractivity contribution in [2.75, 3.05) is 0 Å². The molecule has 0 amide bonds. The topological polar surface area (TPSA) is 43.8 Å². The van der Waals surface area contributed by atoms with Crippen LogP contribution in [0, 0.1) is 0 Å². The Labute approximate surface area is 101 Å². The predicted octanol–water partition coefficient (Wildman–Crippen LogP) is 2.15. The van der Waals surface area contributed by atoms with E-state index in [9.17, 15) is 0 Å². The summed E-state index contributed by atoms with van der Waals surface area (Å²) >= 11 is 0. The van der Waals surface area contributed by atoms with Crippen molar-refractivity contribution >= 4 is 0 Å². The Morgan fingerprint density at radius 2 is 2.24 bits per heavy atom. The molecule has 0 fully saturated rings. The largest absolute Gasteiger partial charge is 0.323 e. The van der Waals surface area contributed by atoms with Crippen molar-refractivity contribution in [2.24, 2.45) is 12.8 Å². The van der Waals surface area contributed by atoms with E-state index in [2.05, 4.69) is 29.4 Å². The number of nitrogens with zero attached hydrogens (tertiary/aromatic N) is 2. The van der Waals surface area contributed by atoms with Crippen LogP contribution < -0.4 is 5.73 Å². The highest BCUT2D eigenvalue weighted by molar-refractivity contribution is 5.40. The van der Waals surface area contributed by atoms with Crippen LogP contribution in [0.2, 0.25) is 0 Å². The van der Waals surface area contributed by atoms with Crippen LogP contribution in [0.1, 0.15) is 35.2 Å². The van der Waals surface area contributed by atoms with Gasteiger partial charge in [-0.2, -0.15) is 5.10 Å². The minimum Gasteiger partial charge on any atom is -0.323 e. The lowest BCUT2D eigenvalue weighted by Crippen LogP contribution is -2.23. The molecule has 0 radical (unpaired) electrons. The van der Waals surface area contributed by atoms with Crippen LogP contribution in [-0.2, 0) is 13.5 Å². The van der Waals surface area contributed by atoms with Gasteiger partial charge in [-0.1, -0.05) is 24.3 Å².